The molecule has 5 heteroatoms. The maximum absolute atomic E-state index is 11.6. The second kappa shape index (κ2) is 7.77. The first-order chi connectivity index (χ1) is 11.1. The molecule has 0 radical (unpaired) electrons. The number of hydrogen-bond donors (Lipinski definition) is 0. The molecule has 1 aromatic rings. The van der Waals surface area contributed by atoms with Crippen LogP contribution in [0.15, 0.2) is 17.5 Å². The third-order valence-electron chi connectivity index (χ3n) is 5.35. The van der Waals surface area contributed by atoms with E-state index in [9.17, 15) is 4.79 Å². The highest BCUT2D eigenvalue weighted by molar-refractivity contribution is 7.09. The summed E-state index contributed by atoms with van der Waals surface area (Å²) < 4.78 is 0. The van der Waals surface area contributed by atoms with Crippen molar-refractivity contribution in [2.24, 2.45) is 5.92 Å². The zero-order valence-corrected chi connectivity index (χ0v) is 15.2. The van der Waals surface area contributed by atoms with Gasteiger partial charge in [-0.1, -0.05) is 13.0 Å². The maximum Gasteiger partial charge on any atom is 0.219 e. The summed E-state index contributed by atoms with van der Waals surface area (Å²) in [4.78, 5) is 20.4. The first kappa shape index (κ1) is 16.9. The van der Waals surface area contributed by atoms with E-state index in [0.29, 0.717) is 6.04 Å². The third kappa shape index (κ3) is 4.34. The SMILES string of the molecule is CC(=O)N1CCCN([C@H]2CN(CCc3cccs3)C[C@@H]2C)CC1. The van der Waals surface area contributed by atoms with Gasteiger partial charge >= 0.3 is 0 Å². The van der Waals surface area contributed by atoms with Crippen molar-refractivity contribution in [3.05, 3.63) is 22.4 Å². The van der Waals surface area contributed by atoms with E-state index in [1.165, 1.54) is 30.9 Å². The molecule has 3 heterocycles. The lowest BCUT2D eigenvalue weighted by Crippen LogP contribution is -2.43. The standard InChI is InChI=1S/C18H29N3OS/c1-15-13-19(9-6-17-5-3-12-23-17)14-18(15)21-8-4-7-20(10-11-21)16(2)22/h3,5,12,15,18H,4,6-11,13-14H2,1-2H3/t15-,18-/m0/s1. The summed E-state index contributed by atoms with van der Waals surface area (Å²) in [6.07, 6.45) is 2.28. The van der Waals surface area contributed by atoms with Crippen LogP contribution < -0.4 is 0 Å². The van der Waals surface area contributed by atoms with E-state index in [2.05, 4.69) is 34.2 Å². The molecule has 128 valence electrons. The highest BCUT2D eigenvalue weighted by atomic mass is 32.1. The lowest BCUT2D eigenvalue weighted by atomic mass is 10.0. The van der Waals surface area contributed by atoms with Gasteiger partial charge < -0.3 is 9.80 Å². The summed E-state index contributed by atoms with van der Waals surface area (Å²) in [5.41, 5.74) is 0. The number of hydrogen-bond acceptors (Lipinski definition) is 4. The quantitative estimate of drug-likeness (QED) is 0.844. The van der Waals surface area contributed by atoms with Crippen molar-refractivity contribution in [1.29, 1.82) is 0 Å². The van der Waals surface area contributed by atoms with Gasteiger partial charge in [-0.15, -0.1) is 11.3 Å². The van der Waals surface area contributed by atoms with Gasteiger partial charge in [-0.25, -0.2) is 0 Å². The van der Waals surface area contributed by atoms with Crippen LogP contribution in [0.3, 0.4) is 0 Å². The number of carbonyl (C=O) groups is 1. The van der Waals surface area contributed by atoms with Crippen LogP contribution in [-0.4, -0.2) is 72.5 Å². The minimum atomic E-state index is 0.226. The van der Waals surface area contributed by atoms with E-state index in [4.69, 9.17) is 0 Å². The van der Waals surface area contributed by atoms with Gasteiger partial charge in [-0.3, -0.25) is 9.69 Å². The monoisotopic (exact) mass is 335 g/mol. The van der Waals surface area contributed by atoms with Crippen LogP contribution in [0.25, 0.3) is 0 Å². The number of rotatable bonds is 4. The number of amides is 1. The second-order valence-corrected chi connectivity index (χ2v) is 8.06. The largest absolute Gasteiger partial charge is 0.342 e. The fourth-order valence-electron chi connectivity index (χ4n) is 4.01. The Balaban J connectivity index is 1.51. The van der Waals surface area contributed by atoms with Crippen molar-refractivity contribution < 1.29 is 4.79 Å². The van der Waals surface area contributed by atoms with Crippen molar-refractivity contribution >= 4 is 17.2 Å². The Kier molecular flexibility index (Phi) is 5.72. The predicted octanol–water partition coefficient (Wildman–Crippen LogP) is 2.17. The average Bonchev–Trinajstić information content (AvgIpc) is 3.09. The van der Waals surface area contributed by atoms with E-state index in [1.807, 2.05) is 16.2 Å². The molecule has 2 fully saturated rings. The molecule has 0 spiro atoms. The van der Waals surface area contributed by atoms with E-state index < -0.39 is 0 Å². The highest BCUT2D eigenvalue weighted by Gasteiger charge is 2.34. The molecule has 2 aliphatic rings. The maximum atomic E-state index is 11.6. The average molecular weight is 336 g/mol. The Morgan fingerprint density at radius 1 is 1.26 bits per heavy atom. The van der Waals surface area contributed by atoms with Gasteiger partial charge in [0.25, 0.3) is 0 Å². The van der Waals surface area contributed by atoms with Crippen LogP contribution in [0, 0.1) is 5.92 Å². The van der Waals surface area contributed by atoms with E-state index in [1.54, 1.807) is 6.92 Å². The Bertz CT molecular complexity index is 504. The van der Waals surface area contributed by atoms with Gasteiger partial charge in [0.2, 0.25) is 5.91 Å². The van der Waals surface area contributed by atoms with Gasteiger partial charge in [-0.05, 0) is 30.2 Å². The Hall–Kier alpha value is -0.910. The van der Waals surface area contributed by atoms with Gasteiger partial charge in [-0.2, -0.15) is 0 Å². The van der Waals surface area contributed by atoms with Crippen LogP contribution in [-0.2, 0) is 11.2 Å². The first-order valence-electron chi connectivity index (χ1n) is 8.88. The summed E-state index contributed by atoms with van der Waals surface area (Å²) in [6, 6.07) is 5.05. The molecular formula is C18H29N3OS. The molecule has 0 aromatic carbocycles. The van der Waals surface area contributed by atoms with Crippen molar-refractivity contribution in [1.82, 2.24) is 14.7 Å². The minimum Gasteiger partial charge on any atom is -0.342 e. The Morgan fingerprint density at radius 2 is 2.13 bits per heavy atom. The smallest absolute Gasteiger partial charge is 0.219 e. The van der Waals surface area contributed by atoms with Crippen LogP contribution in [0.5, 0.6) is 0 Å². The zero-order chi connectivity index (χ0) is 16.2. The lowest BCUT2D eigenvalue weighted by Gasteiger charge is -2.30. The van der Waals surface area contributed by atoms with Crippen molar-refractivity contribution in [3.8, 4) is 0 Å². The first-order valence-corrected chi connectivity index (χ1v) is 9.76. The van der Waals surface area contributed by atoms with Crippen LogP contribution in [0.4, 0.5) is 0 Å². The van der Waals surface area contributed by atoms with Crippen molar-refractivity contribution in [2.45, 2.75) is 32.7 Å². The summed E-state index contributed by atoms with van der Waals surface area (Å²) in [7, 11) is 0. The molecule has 1 amide bonds. The molecule has 2 atom stereocenters. The molecular weight excluding hydrogens is 306 g/mol. The topological polar surface area (TPSA) is 26.8 Å². The van der Waals surface area contributed by atoms with Gasteiger partial charge in [0, 0.05) is 63.7 Å². The number of likely N-dealkylation sites (tertiary alicyclic amines) is 1. The summed E-state index contributed by atoms with van der Waals surface area (Å²) in [5.74, 6) is 0.950. The predicted molar refractivity (Wildman–Crippen MR) is 95.9 cm³/mol. The lowest BCUT2D eigenvalue weighted by molar-refractivity contribution is -0.128. The Labute approximate surface area is 144 Å². The third-order valence-corrected chi connectivity index (χ3v) is 6.28. The number of thiophene rings is 1. The van der Waals surface area contributed by atoms with Crippen LogP contribution in [0.2, 0.25) is 0 Å². The summed E-state index contributed by atoms with van der Waals surface area (Å²) >= 11 is 1.87. The highest BCUT2D eigenvalue weighted by Crippen LogP contribution is 2.23. The van der Waals surface area contributed by atoms with E-state index >= 15 is 0 Å². The molecule has 0 bridgehead atoms. The molecule has 0 unspecified atom stereocenters. The van der Waals surface area contributed by atoms with Gasteiger partial charge in [0.15, 0.2) is 0 Å². The normalized spacial score (nSPS) is 27.3. The van der Waals surface area contributed by atoms with Crippen LogP contribution >= 0.6 is 11.3 Å². The molecule has 23 heavy (non-hydrogen) atoms. The number of carbonyl (C=O) groups excluding carboxylic acids is 1. The molecule has 1 aromatic heterocycles. The van der Waals surface area contributed by atoms with E-state index in [0.717, 1.165) is 38.5 Å². The molecule has 0 N–H and O–H groups in total. The number of nitrogens with zero attached hydrogens (tertiary/aromatic N) is 3. The zero-order valence-electron chi connectivity index (χ0n) is 14.4. The van der Waals surface area contributed by atoms with Crippen molar-refractivity contribution in [3.63, 3.8) is 0 Å². The fraction of sp³-hybridized carbons (Fsp3) is 0.722. The molecule has 3 rings (SSSR count). The Morgan fingerprint density at radius 3 is 2.87 bits per heavy atom. The molecule has 0 saturated carbocycles. The minimum absolute atomic E-state index is 0.226. The van der Waals surface area contributed by atoms with Crippen molar-refractivity contribution in [2.75, 3.05) is 45.8 Å². The molecule has 2 aliphatic heterocycles. The summed E-state index contributed by atoms with van der Waals surface area (Å²) in [5, 5.41) is 2.17. The van der Waals surface area contributed by atoms with Gasteiger partial charge in [0.05, 0.1) is 0 Å². The molecule has 2 saturated heterocycles. The van der Waals surface area contributed by atoms with Crippen LogP contribution in [0.1, 0.15) is 25.1 Å². The molecule has 4 nitrogen and oxygen atoms in total. The second-order valence-electron chi connectivity index (χ2n) is 7.03. The summed E-state index contributed by atoms with van der Waals surface area (Å²) in [6.45, 7) is 11.7. The fourth-order valence-corrected chi connectivity index (χ4v) is 4.71. The van der Waals surface area contributed by atoms with E-state index in [-0.39, 0.29) is 5.91 Å². The molecule has 0 aliphatic carbocycles. The van der Waals surface area contributed by atoms with Gasteiger partial charge in [0.1, 0.15) is 0 Å².